The summed E-state index contributed by atoms with van der Waals surface area (Å²) in [5.41, 5.74) is -0.423. The number of methoxy groups -OCH3 is 1. The van der Waals surface area contributed by atoms with E-state index in [1.54, 1.807) is 14.0 Å². The highest BCUT2D eigenvalue weighted by molar-refractivity contribution is 5.74. The van der Waals surface area contributed by atoms with Crippen LogP contribution in [0.15, 0.2) is 0 Å². The molecule has 0 aromatic heterocycles. The molecule has 0 rings (SSSR count). The van der Waals surface area contributed by atoms with E-state index < -0.39 is 11.5 Å². The van der Waals surface area contributed by atoms with Crippen LogP contribution in [-0.2, 0) is 9.53 Å². The summed E-state index contributed by atoms with van der Waals surface area (Å²) in [6, 6.07) is -0.264. The molecule has 0 aromatic carbocycles. The number of carboxylic acids is 1. The van der Waals surface area contributed by atoms with Crippen molar-refractivity contribution in [2.75, 3.05) is 20.3 Å². The van der Waals surface area contributed by atoms with Crippen molar-refractivity contribution in [3.8, 4) is 0 Å². The summed E-state index contributed by atoms with van der Waals surface area (Å²) in [7, 11) is 1.58. The second kappa shape index (κ2) is 7.92. The number of hydrogen-bond acceptors (Lipinski definition) is 3. The molecule has 2 amide bonds. The molecule has 0 aliphatic rings. The minimum Gasteiger partial charge on any atom is -0.481 e. The quantitative estimate of drug-likeness (QED) is 0.572. The van der Waals surface area contributed by atoms with Crippen LogP contribution in [0.3, 0.4) is 0 Å². The van der Waals surface area contributed by atoms with Crippen LogP contribution in [0.5, 0.6) is 0 Å². The van der Waals surface area contributed by atoms with Gasteiger partial charge in [0.15, 0.2) is 0 Å². The molecule has 0 radical (unpaired) electrons. The minimum absolute atomic E-state index is 0.264. The molecule has 0 aliphatic heterocycles. The summed E-state index contributed by atoms with van der Waals surface area (Å²) in [4.78, 5) is 22.1. The van der Waals surface area contributed by atoms with Crippen LogP contribution in [0.2, 0.25) is 0 Å². The van der Waals surface area contributed by atoms with Gasteiger partial charge in [0.2, 0.25) is 0 Å². The van der Waals surface area contributed by atoms with E-state index in [1.165, 1.54) is 0 Å². The largest absolute Gasteiger partial charge is 0.481 e. The highest BCUT2D eigenvalue weighted by Crippen LogP contribution is 2.04. The lowest BCUT2D eigenvalue weighted by molar-refractivity contribution is -0.141. The summed E-state index contributed by atoms with van der Waals surface area (Å²) < 4.78 is 4.98. The summed E-state index contributed by atoms with van der Waals surface area (Å²) in [5, 5.41) is 14.2. The second-order valence-corrected chi connectivity index (χ2v) is 5.08. The fourth-order valence-corrected chi connectivity index (χ4v) is 1.48. The van der Waals surface area contributed by atoms with Crippen molar-refractivity contribution >= 4 is 12.0 Å². The molecule has 18 heavy (non-hydrogen) atoms. The lowest BCUT2D eigenvalue weighted by Gasteiger charge is -2.25. The van der Waals surface area contributed by atoms with Crippen LogP contribution in [0.4, 0.5) is 4.79 Å². The number of amides is 2. The third kappa shape index (κ3) is 7.89. The number of ether oxygens (including phenoxy) is 1. The number of urea groups is 1. The van der Waals surface area contributed by atoms with Crippen molar-refractivity contribution in [2.45, 2.75) is 39.2 Å². The molecule has 0 heterocycles. The van der Waals surface area contributed by atoms with Crippen molar-refractivity contribution in [3.05, 3.63) is 0 Å². The fourth-order valence-electron chi connectivity index (χ4n) is 1.48. The first-order valence-corrected chi connectivity index (χ1v) is 6.06. The Bertz CT molecular complexity index is 279. The molecule has 3 N–H and O–H groups in total. The average molecular weight is 260 g/mol. The molecular weight excluding hydrogens is 236 g/mol. The monoisotopic (exact) mass is 260 g/mol. The molecule has 0 aromatic rings. The van der Waals surface area contributed by atoms with Gasteiger partial charge in [-0.3, -0.25) is 4.79 Å². The third-order valence-corrected chi connectivity index (χ3v) is 2.48. The van der Waals surface area contributed by atoms with Crippen molar-refractivity contribution in [3.63, 3.8) is 0 Å². The molecule has 6 heteroatoms. The Morgan fingerprint density at radius 1 is 1.39 bits per heavy atom. The number of nitrogens with one attached hydrogen (secondary N) is 2. The molecule has 0 aliphatic carbocycles. The molecule has 0 saturated carbocycles. The number of carboxylic acid groups (broad SMARTS) is 1. The van der Waals surface area contributed by atoms with E-state index >= 15 is 0 Å². The third-order valence-electron chi connectivity index (χ3n) is 2.48. The summed E-state index contributed by atoms with van der Waals surface area (Å²) in [6.07, 6.45) is 1.20. The predicted octanol–water partition coefficient (Wildman–Crippen LogP) is 1.21. The lowest BCUT2D eigenvalue weighted by atomic mass is 10.1. The van der Waals surface area contributed by atoms with Crippen molar-refractivity contribution in [1.29, 1.82) is 0 Å². The van der Waals surface area contributed by atoms with E-state index in [2.05, 4.69) is 10.6 Å². The molecule has 0 bridgehead atoms. The van der Waals surface area contributed by atoms with Gasteiger partial charge in [0, 0.05) is 13.7 Å². The van der Waals surface area contributed by atoms with E-state index in [9.17, 15) is 9.59 Å². The zero-order valence-corrected chi connectivity index (χ0v) is 11.6. The highest BCUT2D eigenvalue weighted by atomic mass is 16.5. The molecule has 1 atom stereocenters. The van der Waals surface area contributed by atoms with Gasteiger partial charge in [0.25, 0.3) is 0 Å². The smallest absolute Gasteiger partial charge is 0.315 e. The van der Waals surface area contributed by atoms with Crippen LogP contribution in [0.25, 0.3) is 0 Å². The molecule has 106 valence electrons. The lowest BCUT2D eigenvalue weighted by Crippen LogP contribution is -2.51. The summed E-state index contributed by atoms with van der Waals surface area (Å²) in [6.45, 7) is 6.28. The Labute approximate surface area is 108 Å². The Balaban J connectivity index is 3.75. The maximum absolute atomic E-state index is 11.5. The molecule has 0 saturated heterocycles. The molecule has 0 fully saturated rings. The average Bonchev–Trinajstić information content (AvgIpc) is 2.22. The SMILES string of the molecule is COCC(C)(C)NC(=O)NCCCC(C)C(=O)O. The first kappa shape index (κ1) is 16.7. The Morgan fingerprint density at radius 2 is 2.00 bits per heavy atom. The molecule has 1 unspecified atom stereocenters. The topological polar surface area (TPSA) is 87.7 Å². The Hall–Kier alpha value is -1.30. The first-order valence-electron chi connectivity index (χ1n) is 6.06. The van der Waals surface area contributed by atoms with Gasteiger partial charge in [0.05, 0.1) is 18.1 Å². The zero-order valence-electron chi connectivity index (χ0n) is 11.6. The van der Waals surface area contributed by atoms with E-state index in [4.69, 9.17) is 9.84 Å². The van der Waals surface area contributed by atoms with Gasteiger partial charge in [-0.05, 0) is 26.7 Å². The first-order chi connectivity index (χ1) is 8.28. The standard InChI is InChI=1S/C12H24N2O4/c1-9(10(15)16)6-5-7-13-11(17)14-12(2,3)8-18-4/h9H,5-8H2,1-4H3,(H,15,16)(H2,13,14,17). The Kier molecular flexibility index (Phi) is 7.35. The Morgan fingerprint density at radius 3 is 2.50 bits per heavy atom. The number of rotatable bonds is 8. The normalized spacial score (nSPS) is 12.9. The van der Waals surface area contributed by atoms with Crippen LogP contribution in [0.1, 0.15) is 33.6 Å². The molecule has 6 nitrogen and oxygen atoms in total. The number of carbonyl (C=O) groups is 2. The van der Waals surface area contributed by atoms with Crippen LogP contribution >= 0.6 is 0 Å². The van der Waals surface area contributed by atoms with E-state index in [-0.39, 0.29) is 11.9 Å². The maximum atomic E-state index is 11.5. The molecular formula is C12H24N2O4. The molecule has 0 spiro atoms. The maximum Gasteiger partial charge on any atom is 0.315 e. The van der Waals surface area contributed by atoms with Gasteiger partial charge < -0.3 is 20.5 Å². The number of aliphatic carboxylic acids is 1. The van der Waals surface area contributed by atoms with Crippen LogP contribution in [-0.4, -0.2) is 42.9 Å². The van der Waals surface area contributed by atoms with Gasteiger partial charge in [-0.1, -0.05) is 6.92 Å². The predicted molar refractivity (Wildman–Crippen MR) is 68.5 cm³/mol. The highest BCUT2D eigenvalue weighted by Gasteiger charge is 2.19. The summed E-state index contributed by atoms with van der Waals surface area (Å²) in [5.74, 6) is -1.18. The fraction of sp³-hybridized carbons (Fsp3) is 0.833. The zero-order chi connectivity index (χ0) is 14.2. The minimum atomic E-state index is -0.805. The van der Waals surface area contributed by atoms with Crippen molar-refractivity contribution in [1.82, 2.24) is 10.6 Å². The van der Waals surface area contributed by atoms with Gasteiger partial charge in [0.1, 0.15) is 0 Å². The van der Waals surface area contributed by atoms with Crippen LogP contribution in [0, 0.1) is 5.92 Å². The van der Waals surface area contributed by atoms with E-state index in [0.717, 1.165) is 0 Å². The second-order valence-electron chi connectivity index (χ2n) is 5.08. The van der Waals surface area contributed by atoms with E-state index in [0.29, 0.717) is 26.0 Å². The van der Waals surface area contributed by atoms with Gasteiger partial charge in [-0.15, -0.1) is 0 Å². The number of hydrogen-bond donors (Lipinski definition) is 3. The van der Waals surface area contributed by atoms with Crippen molar-refractivity contribution in [2.24, 2.45) is 5.92 Å². The van der Waals surface area contributed by atoms with Gasteiger partial charge in [-0.2, -0.15) is 0 Å². The van der Waals surface area contributed by atoms with Gasteiger partial charge >= 0.3 is 12.0 Å². The number of carbonyl (C=O) groups excluding carboxylic acids is 1. The van der Waals surface area contributed by atoms with Crippen LogP contribution < -0.4 is 10.6 Å². The van der Waals surface area contributed by atoms with E-state index in [1.807, 2.05) is 13.8 Å². The van der Waals surface area contributed by atoms with Crippen molar-refractivity contribution < 1.29 is 19.4 Å². The summed E-state index contributed by atoms with van der Waals surface area (Å²) >= 11 is 0. The van der Waals surface area contributed by atoms with Gasteiger partial charge in [-0.25, -0.2) is 4.79 Å².